The first-order chi connectivity index (χ1) is 8.69. The Morgan fingerprint density at radius 3 is 2.78 bits per heavy atom. The van der Waals surface area contributed by atoms with E-state index in [1.165, 1.54) is 25.7 Å². The zero-order valence-electron chi connectivity index (χ0n) is 11.0. The first-order valence-corrected chi connectivity index (χ1v) is 7.58. The second-order valence-electron chi connectivity index (χ2n) is 4.91. The van der Waals surface area contributed by atoms with Gasteiger partial charge in [0.25, 0.3) is 0 Å². The summed E-state index contributed by atoms with van der Waals surface area (Å²) in [6.45, 7) is 2.85. The third-order valence-electron chi connectivity index (χ3n) is 3.68. The summed E-state index contributed by atoms with van der Waals surface area (Å²) in [7, 11) is 0. The molecule has 0 aliphatic heterocycles. The smallest absolute Gasteiger partial charge is 0.144 e. The molecule has 96 valence electrons. The van der Waals surface area contributed by atoms with Gasteiger partial charge in [-0.25, -0.2) is 4.98 Å². The van der Waals surface area contributed by atoms with E-state index in [1.54, 1.807) is 0 Å². The zero-order chi connectivity index (χ0) is 13.0. The quantitative estimate of drug-likeness (QED) is 0.903. The van der Waals surface area contributed by atoms with Gasteiger partial charge in [0.2, 0.25) is 0 Å². The van der Waals surface area contributed by atoms with Crippen LogP contribution in [-0.2, 0) is 0 Å². The summed E-state index contributed by atoms with van der Waals surface area (Å²) in [6, 6.07) is 5.91. The number of thioether (sulfide) groups is 1. The van der Waals surface area contributed by atoms with Crippen LogP contribution < -0.4 is 5.32 Å². The maximum Gasteiger partial charge on any atom is 0.144 e. The molecular formula is C14H19N3S. The molecule has 0 spiro atoms. The van der Waals surface area contributed by atoms with Crippen molar-refractivity contribution in [3.63, 3.8) is 0 Å². The molecule has 1 aromatic rings. The highest BCUT2D eigenvalue weighted by Crippen LogP contribution is 2.40. The van der Waals surface area contributed by atoms with E-state index in [-0.39, 0.29) is 0 Å². The molecule has 1 N–H and O–H groups in total. The Morgan fingerprint density at radius 2 is 2.17 bits per heavy atom. The van der Waals surface area contributed by atoms with Crippen LogP contribution in [0.4, 0.5) is 5.82 Å². The van der Waals surface area contributed by atoms with E-state index in [0.29, 0.717) is 10.3 Å². The average molecular weight is 261 g/mol. The number of hydrogen-bond acceptors (Lipinski definition) is 4. The predicted octanol–water partition coefficient (Wildman–Crippen LogP) is 3.35. The molecule has 4 heteroatoms. The SMILES string of the molecule is CSC1(CNc2nc(C)ccc2C#N)CCCC1. The third-order valence-corrected chi connectivity index (χ3v) is 5.10. The fraction of sp³-hybridized carbons (Fsp3) is 0.571. The van der Waals surface area contributed by atoms with Gasteiger partial charge in [-0.15, -0.1) is 0 Å². The second-order valence-corrected chi connectivity index (χ2v) is 6.18. The van der Waals surface area contributed by atoms with Crippen LogP contribution >= 0.6 is 11.8 Å². The van der Waals surface area contributed by atoms with E-state index >= 15 is 0 Å². The van der Waals surface area contributed by atoms with Crippen LogP contribution in [0.2, 0.25) is 0 Å². The van der Waals surface area contributed by atoms with Crippen molar-refractivity contribution >= 4 is 17.6 Å². The second kappa shape index (κ2) is 5.62. The number of nitrogens with one attached hydrogen (secondary N) is 1. The van der Waals surface area contributed by atoms with Gasteiger partial charge < -0.3 is 5.32 Å². The van der Waals surface area contributed by atoms with Gasteiger partial charge in [-0.05, 0) is 38.2 Å². The van der Waals surface area contributed by atoms with Gasteiger partial charge in [-0.3, -0.25) is 0 Å². The zero-order valence-corrected chi connectivity index (χ0v) is 11.8. The van der Waals surface area contributed by atoms with Crippen molar-refractivity contribution < 1.29 is 0 Å². The van der Waals surface area contributed by atoms with Crippen LogP contribution in [0.25, 0.3) is 0 Å². The van der Waals surface area contributed by atoms with E-state index in [0.717, 1.165) is 18.1 Å². The molecule has 0 atom stereocenters. The van der Waals surface area contributed by atoms with Crippen molar-refractivity contribution in [1.82, 2.24) is 4.98 Å². The maximum absolute atomic E-state index is 9.09. The van der Waals surface area contributed by atoms with Crippen LogP contribution in [0.3, 0.4) is 0 Å². The molecule has 0 bridgehead atoms. The molecule has 3 nitrogen and oxygen atoms in total. The molecule has 0 saturated heterocycles. The van der Waals surface area contributed by atoms with E-state index in [4.69, 9.17) is 5.26 Å². The molecular weight excluding hydrogens is 242 g/mol. The summed E-state index contributed by atoms with van der Waals surface area (Å²) < 4.78 is 0.331. The van der Waals surface area contributed by atoms with Crippen molar-refractivity contribution in [1.29, 1.82) is 5.26 Å². The van der Waals surface area contributed by atoms with Crippen LogP contribution in [0, 0.1) is 18.3 Å². The van der Waals surface area contributed by atoms with Gasteiger partial charge in [0, 0.05) is 17.0 Å². The number of pyridine rings is 1. The highest BCUT2D eigenvalue weighted by molar-refractivity contribution is 8.00. The highest BCUT2D eigenvalue weighted by atomic mass is 32.2. The summed E-state index contributed by atoms with van der Waals surface area (Å²) >= 11 is 1.94. The summed E-state index contributed by atoms with van der Waals surface area (Å²) in [5.74, 6) is 0.734. The van der Waals surface area contributed by atoms with Gasteiger partial charge in [0.15, 0.2) is 0 Å². The van der Waals surface area contributed by atoms with E-state index < -0.39 is 0 Å². The monoisotopic (exact) mass is 261 g/mol. The summed E-state index contributed by atoms with van der Waals surface area (Å²) in [4.78, 5) is 4.43. The Balaban J connectivity index is 2.10. The van der Waals surface area contributed by atoms with Gasteiger partial charge >= 0.3 is 0 Å². The van der Waals surface area contributed by atoms with Crippen LogP contribution in [-0.4, -0.2) is 22.5 Å². The Kier molecular flexibility index (Phi) is 4.13. The van der Waals surface area contributed by atoms with Crippen molar-refractivity contribution in [2.24, 2.45) is 0 Å². The number of hydrogen-bond donors (Lipinski definition) is 1. The molecule has 1 aromatic heterocycles. The first kappa shape index (κ1) is 13.2. The molecule has 1 aliphatic carbocycles. The van der Waals surface area contributed by atoms with Gasteiger partial charge in [0.05, 0.1) is 5.56 Å². The molecule has 0 unspecified atom stereocenters. The lowest BCUT2D eigenvalue weighted by Crippen LogP contribution is -2.30. The predicted molar refractivity (Wildman–Crippen MR) is 76.9 cm³/mol. The van der Waals surface area contributed by atoms with E-state index in [9.17, 15) is 0 Å². The van der Waals surface area contributed by atoms with Gasteiger partial charge in [-0.2, -0.15) is 17.0 Å². The molecule has 1 aliphatic rings. The lowest BCUT2D eigenvalue weighted by molar-refractivity contribution is 0.638. The minimum Gasteiger partial charge on any atom is -0.368 e. The Morgan fingerprint density at radius 1 is 1.44 bits per heavy atom. The van der Waals surface area contributed by atoms with Gasteiger partial charge in [-0.1, -0.05) is 12.8 Å². The molecule has 2 rings (SSSR count). The lowest BCUT2D eigenvalue weighted by Gasteiger charge is -2.27. The molecule has 1 fully saturated rings. The topological polar surface area (TPSA) is 48.7 Å². The molecule has 0 radical (unpaired) electrons. The minimum atomic E-state index is 0.331. The standard InChI is InChI=1S/C14H19N3S/c1-11-5-6-12(9-15)13(17-11)16-10-14(18-2)7-3-4-8-14/h5-6H,3-4,7-8,10H2,1-2H3,(H,16,17). The van der Waals surface area contributed by atoms with Gasteiger partial charge in [0.1, 0.15) is 11.9 Å². The van der Waals surface area contributed by atoms with E-state index in [2.05, 4.69) is 22.6 Å². The number of aryl methyl sites for hydroxylation is 1. The summed E-state index contributed by atoms with van der Waals surface area (Å²) in [5.41, 5.74) is 1.58. The lowest BCUT2D eigenvalue weighted by atomic mass is 10.1. The number of rotatable bonds is 4. The Labute approximate surface area is 113 Å². The molecule has 1 heterocycles. The first-order valence-electron chi connectivity index (χ1n) is 6.36. The highest BCUT2D eigenvalue weighted by Gasteiger charge is 2.32. The van der Waals surface area contributed by atoms with Crippen molar-refractivity contribution in [3.05, 3.63) is 23.4 Å². The van der Waals surface area contributed by atoms with E-state index in [1.807, 2.05) is 30.8 Å². The fourth-order valence-corrected chi connectivity index (χ4v) is 3.41. The van der Waals surface area contributed by atoms with Crippen molar-refractivity contribution in [2.45, 2.75) is 37.4 Å². The van der Waals surface area contributed by atoms with Crippen molar-refractivity contribution in [2.75, 3.05) is 18.1 Å². The molecule has 18 heavy (non-hydrogen) atoms. The van der Waals surface area contributed by atoms with Crippen LogP contribution in [0.5, 0.6) is 0 Å². The number of anilines is 1. The van der Waals surface area contributed by atoms with Crippen LogP contribution in [0.15, 0.2) is 12.1 Å². The van der Waals surface area contributed by atoms with Crippen molar-refractivity contribution in [3.8, 4) is 6.07 Å². The maximum atomic E-state index is 9.09. The van der Waals surface area contributed by atoms with Crippen LogP contribution in [0.1, 0.15) is 36.9 Å². The third kappa shape index (κ3) is 2.78. The number of nitriles is 1. The summed E-state index contributed by atoms with van der Waals surface area (Å²) in [6.07, 6.45) is 7.33. The average Bonchev–Trinajstić information content (AvgIpc) is 2.86. The fourth-order valence-electron chi connectivity index (χ4n) is 2.50. The Hall–Kier alpha value is -1.21. The minimum absolute atomic E-state index is 0.331. The Bertz CT molecular complexity index is 459. The number of aromatic nitrogens is 1. The molecule has 0 amide bonds. The number of nitrogens with zero attached hydrogens (tertiary/aromatic N) is 2. The largest absolute Gasteiger partial charge is 0.368 e. The molecule has 1 saturated carbocycles. The normalized spacial score (nSPS) is 17.4. The molecule has 0 aromatic carbocycles. The summed E-state index contributed by atoms with van der Waals surface area (Å²) in [5, 5.41) is 12.5.